The third kappa shape index (κ3) is 11.2. The molecule has 2 heterocycles. The summed E-state index contributed by atoms with van der Waals surface area (Å²) in [5.41, 5.74) is 2.12. The Morgan fingerprint density at radius 3 is 2.46 bits per heavy atom. The molecule has 1 saturated carbocycles. The normalized spacial score (nSPS) is 17.2. The second-order valence-corrected chi connectivity index (χ2v) is 15.2. The number of benzene rings is 1. The molecule has 4 N–H and O–H groups in total. The average Bonchev–Trinajstić information content (AvgIpc) is 3.42. The lowest BCUT2D eigenvalue weighted by Gasteiger charge is -2.35. The molecule has 0 radical (unpaired) electrons. The van der Waals surface area contributed by atoms with E-state index in [4.69, 9.17) is 9.88 Å². The molecular formula is C36H56FN5O4S2. The Hall–Kier alpha value is -2.70. The number of hydrogen-bond donors (Lipinski definition) is 3. The van der Waals surface area contributed by atoms with Crippen LogP contribution in [0, 0.1) is 12.3 Å². The molecule has 1 aliphatic carbocycles. The molecule has 2 fully saturated rings. The summed E-state index contributed by atoms with van der Waals surface area (Å²) in [6.45, 7) is 12.7. The minimum Gasteiger partial charge on any atom is -0.493 e. The van der Waals surface area contributed by atoms with Gasteiger partial charge in [-0.2, -0.15) is 0 Å². The molecule has 48 heavy (non-hydrogen) atoms. The van der Waals surface area contributed by atoms with E-state index in [1.165, 1.54) is 24.8 Å². The second-order valence-electron chi connectivity index (χ2n) is 13.6. The number of alkyl halides is 1. The number of rotatable bonds is 17. The highest BCUT2D eigenvalue weighted by Gasteiger charge is 2.53. The smallest absolute Gasteiger partial charge is 0.258 e. The van der Waals surface area contributed by atoms with Gasteiger partial charge in [-0.05, 0) is 62.5 Å². The van der Waals surface area contributed by atoms with Crippen molar-refractivity contribution >= 4 is 41.0 Å². The Morgan fingerprint density at radius 2 is 1.83 bits per heavy atom. The average molecular weight is 706 g/mol. The number of likely N-dealkylation sites (tertiary alicyclic amines) is 1. The van der Waals surface area contributed by atoms with E-state index in [0.29, 0.717) is 26.0 Å². The number of carbonyl (C=O) groups excluding carboxylic acids is 3. The summed E-state index contributed by atoms with van der Waals surface area (Å²) in [6.07, 6.45) is 8.26. The highest BCUT2D eigenvalue weighted by molar-refractivity contribution is 7.97. The van der Waals surface area contributed by atoms with Crippen molar-refractivity contribution in [2.45, 2.75) is 130 Å². The van der Waals surface area contributed by atoms with Crippen LogP contribution in [0.25, 0.3) is 10.4 Å². The number of hydrogen-bond acceptors (Lipinski definition) is 8. The largest absolute Gasteiger partial charge is 0.493 e. The maximum absolute atomic E-state index is 14.5. The summed E-state index contributed by atoms with van der Waals surface area (Å²) < 4.78 is 20.8. The van der Waals surface area contributed by atoms with Crippen molar-refractivity contribution in [2.24, 2.45) is 10.6 Å². The van der Waals surface area contributed by atoms with E-state index in [0.717, 1.165) is 58.9 Å². The Labute approximate surface area is 294 Å². The number of aryl methyl sites for hydroxylation is 1. The van der Waals surface area contributed by atoms with Gasteiger partial charge in [-0.15, -0.1) is 11.3 Å². The molecule has 3 amide bonds. The first-order chi connectivity index (χ1) is 22.9. The number of amides is 3. The van der Waals surface area contributed by atoms with Gasteiger partial charge in [-0.25, -0.2) is 9.37 Å². The van der Waals surface area contributed by atoms with E-state index >= 15 is 0 Å². The molecule has 2 aromatic rings. The predicted octanol–water partition coefficient (Wildman–Crippen LogP) is 7.11. The lowest BCUT2D eigenvalue weighted by Crippen LogP contribution is -2.58. The molecule has 0 spiro atoms. The van der Waals surface area contributed by atoms with Crippen molar-refractivity contribution in [1.82, 2.24) is 20.5 Å². The van der Waals surface area contributed by atoms with Crippen molar-refractivity contribution in [3.05, 3.63) is 35.0 Å². The maximum atomic E-state index is 14.5. The van der Waals surface area contributed by atoms with Crippen LogP contribution in [0.4, 0.5) is 4.39 Å². The Kier molecular flexibility index (Phi) is 15.6. The number of unbranched alkanes of at least 4 members (excludes halogenated alkanes) is 5. The summed E-state index contributed by atoms with van der Waals surface area (Å²) in [6, 6.07) is 4.42. The lowest BCUT2D eigenvalue weighted by atomic mass is 9.85. The number of thiazole rings is 1. The Balaban J connectivity index is 0.00000307. The van der Waals surface area contributed by atoms with Crippen LogP contribution in [0.1, 0.15) is 110 Å². The fourth-order valence-corrected chi connectivity index (χ4v) is 6.92. The molecule has 9 nitrogen and oxygen atoms in total. The summed E-state index contributed by atoms with van der Waals surface area (Å²) in [7, 11) is 0. The van der Waals surface area contributed by atoms with Gasteiger partial charge in [-0.1, -0.05) is 84.4 Å². The van der Waals surface area contributed by atoms with Gasteiger partial charge in [0.1, 0.15) is 17.8 Å². The SMILES string of the molecule is CC.Cc1ncsc1-c1ccc(CNC(=O)C2CCCN2C(=O)C(NC(=O)C2(F)CC2)C(C)(C)C)c(OCCCCCCCCSN)c1. The molecule has 268 valence electrons. The monoisotopic (exact) mass is 705 g/mol. The molecule has 1 aliphatic heterocycles. The predicted molar refractivity (Wildman–Crippen MR) is 195 cm³/mol. The molecule has 4 rings (SSSR count). The molecule has 2 atom stereocenters. The van der Waals surface area contributed by atoms with Crippen molar-refractivity contribution in [3.8, 4) is 16.2 Å². The fourth-order valence-electron chi connectivity index (χ4n) is 5.75. The van der Waals surface area contributed by atoms with Crippen LogP contribution in [-0.2, 0) is 20.9 Å². The topological polar surface area (TPSA) is 127 Å². The molecule has 1 saturated heterocycles. The number of aromatic nitrogens is 1. The summed E-state index contributed by atoms with van der Waals surface area (Å²) in [4.78, 5) is 46.8. The van der Waals surface area contributed by atoms with E-state index in [-0.39, 0.29) is 31.2 Å². The van der Waals surface area contributed by atoms with Gasteiger partial charge in [0.05, 0.1) is 22.7 Å². The van der Waals surface area contributed by atoms with Gasteiger partial charge in [0.2, 0.25) is 11.8 Å². The first kappa shape index (κ1) is 39.7. The van der Waals surface area contributed by atoms with Gasteiger partial charge < -0.3 is 20.3 Å². The Morgan fingerprint density at radius 1 is 1.15 bits per heavy atom. The van der Waals surface area contributed by atoms with Gasteiger partial charge in [0.15, 0.2) is 5.67 Å². The zero-order valence-electron chi connectivity index (χ0n) is 29.7. The van der Waals surface area contributed by atoms with Gasteiger partial charge >= 0.3 is 0 Å². The summed E-state index contributed by atoms with van der Waals surface area (Å²) in [5.74, 6) is 0.376. The number of nitrogens with one attached hydrogen (secondary N) is 2. The number of nitrogens with zero attached hydrogens (tertiary/aromatic N) is 2. The molecule has 1 aromatic carbocycles. The molecule has 0 bridgehead atoms. The number of nitrogens with two attached hydrogens (primary N) is 1. The minimum absolute atomic E-state index is 0.171. The zero-order chi connectivity index (χ0) is 35.3. The second kappa shape index (κ2) is 18.9. The van der Waals surface area contributed by atoms with Crippen LogP contribution in [0.2, 0.25) is 0 Å². The van der Waals surface area contributed by atoms with Crippen molar-refractivity contribution in [3.63, 3.8) is 0 Å². The quantitative estimate of drug-likeness (QED) is 0.118. The first-order valence-corrected chi connectivity index (χ1v) is 19.4. The van der Waals surface area contributed by atoms with Crippen LogP contribution in [0.15, 0.2) is 23.7 Å². The first-order valence-electron chi connectivity index (χ1n) is 17.5. The molecule has 12 heteroatoms. The van der Waals surface area contributed by atoms with Crippen LogP contribution in [-0.4, -0.2) is 64.3 Å². The standard InChI is InChI=1S/C34H50FN5O4S2.C2H6/c1-23-28(45-22-38-23)24-13-14-25(27(20-24)44-18-9-7-5-6-8-10-19-46-36)21-37-30(41)26-12-11-17-40(26)31(42)29(33(2,3)4)39-32(43)34(35)15-16-34;1-2/h13-14,20,22,26,29H,5-12,15-19,21,36H2,1-4H3,(H,37,41)(H,39,43);1-2H3. The van der Waals surface area contributed by atoms with E-state index in [1.807, 2.05) is 65.3 Å². The Bertz CT molecular complexity index is 1340. The van der Waals surface area contributed by atoms with Crippen molar-refractivity contribution in [1.29, 1.82) is 0 Å². The van der Waals surface area contributed by atoms with Crippen LogP contribution in [0.3, 0.4) is 0 Å². The summed E-state index contributed by atoms with van der Waals surface area (Å²) in [5, 5.41) is 11.2. The van der Waals surface area contributed by atoms with Crippen molar-refractivity contribution < 1.29 is 23.5 Å². The molecular weight excluding hydrogens is 650 g/mol. The maximum Gasteiger partial charge on any atom is 0.258 e. The van der Waals surface area contributed by atoms with Crippen LogP contribution < -0.4 is 20.5 Å². The van der Waals surface area contributed by atoms with Crippen LogP contribution >= 0.6 is 23.3 Å². The third-order valence-corrected chi connectivity index (χ3v) is 10.3. The fraction of sp³-hybridized carbons (Fsp3) is 0.667. The highest BCUT2D eigenvalue weighted by atomic mass is 32.2. The van der Waals surface area contributed by atoms with E-state index in [9.17, 15) is 18.8 Å². The number of ether oxygens (including phenoxy) is 1. The molecule has 2 aliphatic rings. The summed E-state index contributed by atoms with van der Waals surface area (Å²) >= 11 is 2.98. The lowest BCUT2D eigenvalue weighted by molar-refractivity contribution is -0.144. The van der Waals surface area contributed by atoms with Crippen LogP contribution in [0.5, 0.6) is 5.75 Å². The van der Waals surface area contributed by atoms with E-state index in [1.54, 1.807) is 16.2 Å². The minimum atomic E-state index is -1.89. The number of carbonyl (C=O) groups is 3. The highest BCUT2D eigenvalue weighted by Crippen LogP contribution is 2.40. The number of halogens is 1. The third-order valence-electron chi connectivity index (χ3n) is 8.76. The van der Waals surface area contributed by atoms with Crippen molar-refractivity contribution in [2.75, 3.05) is 18.9 Å². The van der Waals surface area contributed by atoms with E-state index < -0.39 is 29.1 Å². The molecule has 2 unspecified atom stereocenters. The zero-order valence-corrected chi connectivity index (χ0v) is 31.3. The molecule has 1 aromatic heterocycles. The van der Waals surface area contributed by atoms with Gasteiger partial charge in [0, 0.05) is 24.4 Å². The van der Waals surface area contributed by atoms with Gasteiger partial charge in [0.25, 0.3) is 5.91 Å². The van der Waals surface area contributed by atoms with Gasteiger partial charge in [-0.3, -0.25) is 19.5 Å². The van der Waals surface area contributed by atoms with E-state index in [2.05, 4.69) is 15.6 Å².